The van der Waals surface area contributed by atoms with Crippen LogP contribution < -0.4 is 5.56 Å². The first kappa shape index (κ1) is 19.3. The van der Waals surface area contributed by atoms with E-state index in [2.05, 4.69) is 19.1 Å². The van der Waals surface area contributed by atoms with Gasteiger partial charge in [0, 0.05) is 21.4 Å². The van der Waals surface area contributed by atoms with Crippen molar-refractivity contribution in [1.82, 2.24) is 9.55 Å². The van der Waals surface area contributed by atoms with Gasteiger partial charge in [0.2, 0.25) is 0 Å². The van der Waals surface area contributed by atoms with Crippen molar-refractivity contribution in [1.29, 1.82) is 0 Å². The second kappa shape index (κ2) is 6.68. The van der Waals surface area contributed by atoms with Crippen LogP contribution in [0.5, 0.6) is 0 Å². The number of hydrogen-bond acceptors (Lipinski definition) is 6. The molecule has 0 aliphatic carbocycles. The molecule has 4 heterocycles. The van der Waals surface area contributed by atoms with E-state index < -0.39 is 11.6 Å². The van der Waals surface area contributed by atoms with Gasteiger partial charge in [0.15, 0.2) is 5.60 Å². The van der Waals surface area contributed by atoms with Crippen LogP contribution in [-0.4, -0.2) is 26.9 Å². The standard InChI is InChI=1S/C23H22N2O4S/c1-4-12-7-6-8-13-18(12)24-19-14(20(13)30-3)10-25-17(19)9-16-15(21(25)26)11-29-22(27)23(16,28)5-2/h6-9,28H,4-5,10-11H2,1-3H3/t23-/m0/s1. The summed E-state index contributed by atoms with van der Waals surface area (Å²) in [5.74, 6) is -0.704. The fourth-order valence-electron chi connectivity index (χ4n) is 4.64. The molecule has 5 rings (SSSR count). The molecule has 7 heteroatoms. The Hall–Kier alpha value is -2.64. The number of ether oxygens (including phenoxy) is 1. The summed E-state index contributed by atoms with van der Waals surface area (Å²) in [6.07, 6.45) is 3.03. The second-order valence-electron chi connectivity index (χ2n) is 7.74. The molecule has 1 atom stereocenters. The van der Waals surface area contributed by atoms with Crippen molar-refractivity contribution in [3.63, 3.8) is 0 Å². The third kappa shape index (κ3) is 2.39. The van der Waals surface area contributed by atoms with Crippen molar-refractivity contribution >= 4 is 28.6 Å². The van der Waals surface area contributed by atoms with Crippen LogP contribution in [0.1, 0.15) is 42.5 Å². The number of cyclic esters (lactones) is 1. The Labute approximate surface area is 177 Å². The number of esters is 1. The van der Waals surface area contributed by atoms with Gasteiger partial charge in [0.1, 0.15) is 6.61 Å². The van der Waals surface area contributed by atoms with Crippen molar-refractivity contribution < 1.29 is 14.6 Å². The molecule has 6 nitrogen and oxygen atoms in total. The molecule has 3 aromatic rings. The SMILES string of the molecule is CCc1cccc2c(SC)c3c(nc12)-c1cc2c(c(=O)n1C3)COC(=O)[C@]2(O)CC. The molecule has 0 saturated carbocycles. The van der Waals surface area contributed by atoms with Gasteiger partial charge in [-0.2, -0.15) is 0 Å². The van der Waals surface area contributed by atoms with E-state index in [9.17, 15) is 14.7 Å². The zero-order valence-electron chi connectivity index (χ0n) is 17.1. The first-order valence-corrected chi connectivity index (χ1v) is 11.3. The summed E-state index contributed by atoms with van der Waals surface area (Å²) in [4.78, 5) is 31.8. The molecule has 2 aliphatic heterocycles. The highest BCUT2D eigenvalue weighted by molar-refractivity contribution is 7.98. The lowest BCUT2D eigenvalue weighted by Crippen LogP contribution is -2.44. The third-order valence-corrected chi connectivity index (χ3v) is 7.21. The average molecular weight is 423 g/mol. The molecule has 0 bridgehead atoms. The van der Waals surface area contributed by atoms with E-state index in [1.54, 1.807) is 29.3 Å². The van der Waals surface area contributed by atoms with Gasteiger partial charge in [-0.15, -0.1) is 11.8 Å². The number of thioether (sulfide) groups is 1. The lowest BCUT2D eigenvalue weighted by atomic mass is 9.86. The number of carbonyl (C=O) groups is 1. The van der Waals surface area contributed by atoms with Crippen LogP contribution in [0, 0.1) is 0 Å². The molecule has 1 N–H and O–H groups in total. The molecule has 0 amide bonds. The molecule has 0 fully saturated rings. The van der Waals surface area contributed by atoms with Gasteiger partial charge in [-0.05, 0) is 30.7 Å². The first-order valence-electron chi connectivity index (χ1n) is 10.1. The van der Waals surface area contributed by atoms with Crippen molar-refractivity contribution in [3.8, 4) is 11.4 Å². The maximum absolute atomic E-state index is 13.3. The maximum Gasteiger partial charge on any atom is 0.343 e. The molecule has 0 saturated heterocycles. The highest BCUT2D eigenvalue weighted by atomic mass is 32.2. The number of aromatic nitrogens is 2. The maximum atomic E-state index is 13.3. The number of aryl methyl sites for hydroxylation is 1. The normalized spacial score (nSPS) is 19.4. The average Bonchev–Trinajstić information content (AvgIpc) is 3.13. The Kier molecular flexibility index (Phi) is 4.31. The number of nitrogens with zero attached hydrogens (tertiary/aromatic N) is 2. The minimum absolute atomic E-state index is 0.114. The Balaban J connectivity index is 1.85. The van der Waals surface area contributed by atoms with E-state index in [1.165, 1.54) is 0 Å². The molecule has 154 valence electrons. The number of pyridine rings is 2. The van der Waals surface area contributed by atoms with Gasteiger partial charge in [0.05, 0.1) is 29.0 Å². The first-order chi connectivity index (χ1) is 14.4. The molecule has 0 radical (unpaired) electrons. The summed E-state index contributed by atoms with van der Waals surface area (Å²) in [7, 11) is 0. The minimum Gasteiger partial charge on any atom is -0.458 e. The molecular weight excluding hydrogens is 400 g/mol. The third-order valence-electron chi connectivity index (χ3n) is 6.33. The molecular formula is C23H22N2O4S. The van der Waals surface area contributed by atoms with Crippen LogP contribution in [0.4, 0.5) is 0 Å². The molecule has 1 aromatic carbocycles. The Morgan fingerprint density at radius 2 is 2.07 bits per heavy atom. The van der Waals surface area contributed by atoms with Crippen molar-refractivity contribution in [2.45, 2.75) is 50.3 Å². The van der Waals surface area contributed by atoms with Crippen LogP contribution in [0.15, 0.2) is 34.0 Å². The highest BCUT2D eigenvalue weighted by Crippen LogP contribution is 2.42. The largest absolute Gasteiger partial charge is 0.458 e. The summed E-state index contributed by atoms with van der Waals surface area (Å²) in [6.45, 7) is 4.12. The second-order valence-corrected chi connectivity index (χ2v) is 8.56. The zero-order valence-corrected chi connectivity index (χ0v) is 17.9. The lowest BCUT2D eigenvalue weighted by molar-refractivity contribution is -0.172. The van der Waals surface area contributed by atoms with E-state index >= 15 is 0 Å². The van der Waals surface area contributed by atoms with Gasteiger partial charge in [-0.25, -0.2) is 9.78 Å². The highest BCUT2D eigenvalue weighted by Gasteiger charge is 2.45. The summed E-state index contributed by atoms with van der Waals surface area (Å²) >= 11 is 1.65. The summed E-state index contributed by atoms with van der Waals surface area (Å²) < 4.78 is 6.84. The van der Waals surface area contributed by atoms with Crippen molar-refractivity contribution in [3.05, 3.63) is 56.9 Å². The number of rotatable bonds is 3. The van der Waals surface area contributed by atoms with Gasteiger partial charge < -0.3 is 14.4 Å². The van der Waals surface area contributed by atoms with Gasteiger partial charge >= 0.3 is 5.97 Å². The number of carbonyl (C=O) groups excluding carboxylic acids is 1. The van der Waals surface area contributed by atoms with Crippen LogP contribution in [0.25, 0.3) is 22.3 Å². The number of para-hydroxylation sites is 1. The lowest BCUT2D eigenvalue weighted by Gasteiger charge is -2.31. The van der Waals surface area contributed by atoms with Gasteiger partial charge in [-0.3, -0.25) is 4.79 Å². The quantitative estimate of drug-likeness (QED) is 0.403. The molecule has 2 aromatic heterocycles. The monoisotopic (exact) mass is 422 g/mol. The minimum atomic E-state index is -1.81. The molecule has 30 heavy (non-hydrogen) atoms. The summed E-state index contributed by atoms with van der Waals surface area (Å²) in [5, 5.41) is 12.1. The van der Waals surface area contributed by atoms with Crippen molar-refractivity contribution in [2.75, 3.05) is 6.26 Å². The van der Waals surface area contributed by atoms with Gasteiger partial charge in [0.25, 0.3) is 5.56 Å². The number of aliphatic hydroxyl groups is 1. The Morgan fingerprint density at radius 1 is 1.27 bits per heavy atom. The zero-order chi connectivity index (χ0) is 21.2. The van der Waals surface area contributed by atoms with Gasteiger partial charge in [-0.1, -0.05) is 32.0 Å². The molecule has 0 spiro atoms. The fraction of sp³-hybridized carbons (Fsp3) is 0.348. The number of fused-ring (bicyclic) bond motifs is 5. The van der Waals surface area contributed by atoms with E-state index in [0.717, 1.165) is 39.0 Å². The Morgan fingerprint density at radius 3 is 2.77 bits per heavy atom. The van der Waals surface area contributed by atoms with Crippen LogP contribution >= 0.6 is 11.8 Å². The van der Waals surface area contributed by atoms with E-state index in [1.807, 2.05) is 12.3 Å². The summed E-state index contributed by atoms with van der Waals surface area (Å²) in [5.41, 5.74) is 3.16. The van der Waals surface area contributed by atoms with E-state index in [0.29, 0.717) is 23.4 Å². The van der Waals surface area contributed by atoms with E-state index in [4.69, 9.17) is 9.72 Å². The van der Waals surface area contributed by atoms with Crippen LogP contribution in [0.3, 0.4) is 0 Å². The fourth-order valence-corrected chi connectivity index (χ4v) is 5.44. The number of hydrogen-bond donors (Lipinski definition) is 1. The summed E-state index contributed by atoms with van der Waals surface area (Å²) in [6, 6.07) is 7.97. The smallest absolute Gasteiger partial charge is 0.343 e. The predicted molar refractivity (Wildman–Crippen MR) is 116 cm³/mol. The Bertz CT molecular complexity index is 1300. The number of benzene rings is 1. The van der Waals surface area contributed by atoms with E-state index in [-0.39, 0.29) is 18.6 Å². The van der Waals surface area contributed by atoms with Crippen LogP contribution in [0.2, 0.25) is 0 Å². The van der Waals surface area contributed by atoms with Crippen LogP contribution in [-0.2, 0) is 34.7 Å². The molecule has 2 aliphatic rings. The van der Waals surface area contributed by atoms with Crippen molar-refractivity contribution in [2.24, 2.45) is 0 Å². The topological polar surface area (TPSA) is 81.4 Å². The molecule has 0 unspecified atom stereocenters. The predicted octanol–water partition coefficient (Wildman–Crippen LogP) is 3.36.